The fourth-order valence-corrected chi connectivity index (χ4v) is 9.82. The van der Waals surface area contributed by atoms with E-state index < -0.39 is 30.1 Å². The van der Waals surface area contributed by atoms with Gasteiger partial charge in [0.15, 0.2) is 0 Å². The van der Waals surface area contributed by atoms with Crippen LogP contribution < -0.4 is 9.47 Å². The second-order valence-corrected chi connectivity index (χ2v) is 16.3. The minimum Gasteiger partial charge on any atom is -0.459 e. The van der Waals surface area contributed by atoms with E-state index in [-0.39, 0.29) is 70.4 Å². The number of benzene rings is 3. The number of fused-ring (bicyclic) bond motifs is 3. The molecule has 13 heteroatoms. The number of ether oxygens (including phenoxy) is 6. The smallest absolute Gasteiger partial charge is 0.410 e. The summed E-state index contributed by atoms with van der Waals surface area (Å²) in [5, 5.41) is 36.5. The molecule has 1 amide bonds. The SMILES string of the molecule is C=CCOC12Oc3ccc(Oc4ccc5ccccc5c4)cc3C3C(CCCCO)C(CCCCO)C=C(C(=NOC4CCCCO4)CC1N(CCOCCO)C(=O)OC)C32. The highest BCUT2D eigenvalue weighted by atomic mass is 16.8. The Kier molecular flexibility index (Phi) is 15.7. The van der Waals surface area contributed by atoms with Gasteiger partial charge in [0.05, 0.1) is 51.8 Å². The maximum atomic E-state index is 14.0. The van der Waals surface area contributed by atoms with Crippen molar-refractivity contribution < 1.29 is 53.4 Å². The zero-order chi connectivity index (χ0) is 42.6. The number of rotatable bonds is 21. The minimum atomic E-state index is -1.46. The maximum Gasteiger partial charge on any atom is 0.410 e. The predicted molar refractivity (Wildman–Crippen MR) is 231 cm³/mol. The van der Waals surface area contributed by atoms with Crippen molar-refractivity contribution in [2.24, 2.45) is 22.9 Å². The molecule has 2 fully saturated rings. The number of amides is 1. The molecule has 61 heavy (non-hydrogen) atoms. The number of aliphatic hydroxyl groups excluding tert-OH is 3. The zero-order valence-corrected chi connectivity index (χ0v) is 35.3. The van der Waals surface area contributed by atoms with Crippen LogP contribution in [-0.2, 0) is 23.8 Å². The highest BCUT2D eigenvalue weighted by Crippen LogP contribution is 2.62. The number of carbonyl (C=O) groups excluding carboxylic acids is 1. The van der Waals surface area contributed by atoms with Crippen molar-refractivity contribution in [3.05, 3.63) is 90.5 Å². The van der Waals surface area contributed by atoms with Gasteiger partial charge in [-0.15, -0.1) is 6.58 Å². The number of unbranched alkanes of at least 4 members (excludes halogenated alkanes) is 2. The molecular formula is C48H62N2O11. The van der Waals surface area contributed by atoms with E-state index in [9.17, 15) is 20.1 Å². The summed E-state index contributed by atoms with van der Waals surface area (Å²) in [6, 6.07) is 19.3. The molecule has 1 saturated carbocycles. The lowest BCUT2D eigenvalue weighted by atomic mass is 9.55. The lowest BCUT2D eigenvalue weighted by molar-refractivity contribution is -0.256. The van der Waals surface area contributed by atoms with E-state index >= 15 is 0 Å². The molecule has 7 rings (SSSR count). The summed E-state index contributed by atoms with van der Waals surface area (Å²) in [6.07, 6.45) is 10.3. The molecule has 13 nitrogen and oxygen atoms in total. The number of nitrogens with zero attached hydrogens (tertiary/aromatic N) is 2. The van der Waals surface area contributed by atoms with Gasteiger partial charge in [0.1, 0.15) is 23.3 Å². The van der Waals surface area contributed by atoms with Crippen molar-refractivity contribution in [3.8, 4) is 17.2 Å². The molecule has 0 radical (unpaired) electrons. The number of oxime groups is 1. The maximum absolute atomic E-state index is 14.0. The van der Waals surface area contributed by atoms with Crippen molar-refractivity contribution in [3.63, 3.8) is 0 Å². The summed E-state index contributed by atoms with van der Waals surface area (Å²) < 4.78 is 38.1. The highest BCUT2D eigenvalue weighted by Gasteiger charge is 2.65. The van der Waals surface area contributed by atoms with Crippen molar-refractivity contribution in [1.82, 2.24) is 4.90 Å². The van der Waals surface area contributed by atoms with Gasteiger partial charge in [-0.3, -0.25) is 4.90 Å². The molecule has 4 aliphatic rings. The fraction of sp³-hybridized carbons (Fsp3) is 0.542. The molecule has 1 saturated heterocycles. The largest absolute Gasteiger partial charge is 0.459 e. The van der Waals surface area contributed by atoms with Crippen molar-refractivity contribution in [2.75, 3.05) is 59.9 Å². The van der Waals surface area contributed by atoms with E-state index in [4.69, 9.17) is 38.4 Å². The van der Waals surface area contributed by atoms with Gasteiger partial charge in [0.25, 0.3) is 0 Å². The molecule has 2 aliphatic carbocycles. The summed E-state index contributed by atoms with van der Waals surface area (Å²) in [5.74, 6) is -0.158. The molecule has 3 aromatic rings. The normalized spacial score (nSPS) is 26.1. The van der Waals surface area contributed by atoms with E-state index in [2.05, 4.69) is 36.9 Å². The molecule has 0 spiro atoms. The van der Waals surface area contributed by atoms with E-state index in [1.54, 1.807) is 11.0 Å². The standard InChI is InChI=1S/C48H62N2O11/c1-3-25-58-48-43(50(47(54)55-2)21-27-56-28-24-53)32-41(49-61-44-16-8-11-26-57-44)39-30-35(14-6-9-22-51)38(15-7-10-23-52)45(46(39)48)40-31-37(19-20-42(40)60-48)59-36-18-17-33-12-4-5-13-34(33)29-36/h3-5,12-13,17-20,29-31,35,38,43-46,51-53H,1,6-11,14-16,21-28,32H2,2H3. The lowest BCUT2D eigenvalue weighted by Crippen LogP contribution is -2.70. The van der Waals surface area contributed by atoms with Crippen LogP contribution in [0.1, 0.15) is 75.7 Å². The average Bonchev–Trinajstić information content (AvgIpc) is 3.29. The molecule has 2 heterocycles. The zero-order valence-electron chi connectivity index (χ0n) is 35.3. The summed E-state index contributed by atoms with van der Waals surface area (Å²) >= 11 is 0. The second kappa shape index (κ2) is 21.5. The third-order valence-corrected chi connectivity index (χ3v) is 12.5. The summed E-state index contributed by atoms with van der Waals surface area (Å²) in [6.45, 7) is 5.09. The summed E-state index contributed by atoms with van der Waals surface area (Å²) in [7, 11) is 1.35. The number of allylic oxidation sites excluding steroid dienone is 1. The van der Waals surface area contributed by atoms with Crippen LogP contribution in [0.15, 0.2) is 90.1 Å². The Morgan fingerprint density at radius 1 is 0.951 bits per heavy atom. The molecule has 7 atom stereocenters. The summed E-state index contributed by atoms with van der Waals surface area (Å²) in [5.41, 5.74) is 2.52. The van der Waals surface area contributed by atoms with Gasteiger partial charge < -0.3 is 48.6 Å². The van der Waals surface area contributed by atoms with E-state index in [1.807, 2.05) is 36.4 Å². The van der Waals surface area contributed by atoms with Gasteiger partial charge in [-0.2, -0.15) is 0 Å². The number of aliphatic hydroxyl groups is 3. The Morgan fingerprint density at radius 2 is 1.74 bits per heavy atom. The van der Waals surface area contributed by atoms with Crippen LogP contribution in [0.25, 0.3) is 10.8 Å². The molecular weight excluding hydrogens is 781 g/mol. The highest BCUT2D eigenvalue weighted by molar-refractivity contribution is 6.03. The van der Waals surface area contributed by atoms with Crippen molar-refractivity contribution in [1.29, 1.82) is 0 Å². The van der Waals surface area contributed by atoms with Gasteiger partial charge in [-0.05, 0) is 97.0 Å². The molecule has 330 valence electrons. The van der Waals surface area contributed by atoms with Crippen molar-refractivity contribution in [2.45, 2.75) is 88.2 Å². The van der Waals surface area contributed by atoms with Gasteiger partial charge >= 0.3 is 6.09 Å². The number of methoxy groups -OCH3 is 1. The topological polar surface area (TPSA) is 158 Å². The third-order valence-electron chi connectivity index (χ3n) is 12.5. The Hall–Kier alpha value is -4.50. The fourth-order valence-electron chi connectivity index (χ4n) is 9.82. The van der Waals surface area contributed by atoms with Gasteiger partial charge in [-0.25, -0.2) is 4.79 Å². The van der Waals surface area contributed by atoms with Gasteiger partial charge in [0, 0.05) is 44.1 Å². The Morgan fingerprint density at radius 3 is 2.49 bits per heavy atom. The lowest BCUT2D eigenvalue weighted by Gasteiger charge is -2.59. The van der Waals surface area contributed by atoms with Gasteiger partial charge in [-0.1, -0.05) is 60.5 Å². The first-order valence-electron chi connectivity index (χ1n) is 22.0. The quantitative estimate of drug-likeness (QED) is 0.0545. The van der Waals surface area contributed by atoms with Crippen LogP contribution in [0.4, 0.5) is 4.79 Å². The first-order chi connectivity index (χ1) is 29.9. The molecule has 3 N–H and O–H groups in total. The Bertz CT molecular complexity index is 1980. The molecule has 0 aromatic heterocycles. The first-order valence-corrected chi connectivity index (χ1v) is 22.0. The Labute approximate surface area is 358 Å². The average molecular weight is 843 g/mol. The van der Waals surface area contributed by atoms with E-state index in [1.165, 1.54) is 7.11 Å². The van der Waals surface area contributed by atoms with Crippen LogP contribution in [-0.4, -0.2) is 110 Å². The monoisotopic (exact) mass is 842 g/mol. The predicted octanol–water partition coefficient (Wildman–Crippen LogP) is 7.87. The molecule has 3 aromatic carbocycles. The third kappa shape index (κ3) is 10.1. The van der Waals surface area contributed by atoms with Crippen LogP contribution in [0.2, 0.25) is 0 Å². The van der Waals surface area contributed by atoms with Crippen LogP contribution >= 0.6 is 0 Å². The number of hydrogen-bond acceptors (Lipinski definition) is 12. The number of carbonyl (C=O) groups is 1. The molecule has 7 unspecified atom stereocenters. The number of hydrogen-bond donors (Lipinski definition) is 3. The van der Waals surface area contributed by atoms with Crippen LogP contribution in [0, 0.1) is 17.8 Å². The van der Waals surface area contributed by atoms with E-state index in [0.29, 0.717) is 48.8 Å². The van der Waals surface area contributed by atoms with Crippen LogP contribution in [0.3, 0.4) is 0 Å². The first kappa shape index (κ1) is 44.6. The van der Waals surface area contributed by atoms with Crippen LogP contribution in [0.5, 0.6) is 17.2 Å². The van der Waals surface area contributed by atoms with Gasteiger partial charge in [0.2, 0.25) is 12.1 Å². The molecule has 2 aliphatic heterocycles. The Balaban J connectivity index is 1.41. The summed E-state index contributed by atoms with van der Waals surface area (Å²) in [4.78, 5) is 21.8. The molecule has 0 bridgehead atoms. The van der Waals surface area contributed by atoms with Crippen molar-refractivity contribution >= 4 is 22.6 Å². The van der Waals surface area contributed by atoms with E-state index in [0.717, 1.165) is 60.4 Å². The second-order valence-electron chi connectivity index (χ2n) is 16.3. The minimum absolute atomic E-state index is 0.0336.